The molecule has 2 N–H and O–H groups in total. The molecule has 1 amide bonds. The second kappa shape index (κ2) is 11.5. The van der Waals surface area contributed by atoms with Gasteiger partial charge < -0.3 is 15.4 Å². The van der Waals surface area contributed by atoms with Crippen molar-refractivity contribution >= 4 is 29.0 Å². The van der Waals surface area contributed by atoms with Gasteiger partial charge in [0.15, 0.2) is 11.0 Å². The maximum absolute atomic E-state index is 13.4. The number of para-hydroxylation sites is 2. The van der Waals surface area contributed by atoms with Crippen LogP contribution in [0.25, 0.3) is 5.69 Å². The van der Waals surface area contributed by atoms with Crippen molar-refractivity contribution in [3.8, 4) is 11.4 Å². The van der Waals surface area contributed by atoms with Gasteiger partial charge >= 0.3 is 0 Å². The van der Waals surface area contributed by atoms with Crippen LogP contribution in [0.1, 0.15) is 12.7 Å². The highest BCUT2D eigenvalue weighted by molar-refractivity contribution is 7.99. The normalized spacial score (nSPS) is 10.7. The van der Waals surface area contributed by atoms with Crippen molar-refractivity contribution in [1.82, 2.24) is 14.8 Å². The van der Waals surface area contributed by atoms with Gasteiger partial charge in [-0.25, -0.2) is 8.78 Å². The van der Waals surface area contributed by atoms with Crippen molar-refractivity contribution in [3.05, 3.63) is 90.3 Å². The summed E-state index contributed by atoms with van der Waals surface area (Å²) >= 11 is 1.20. The summed E-state index contributed by atoms with van der Waals surface area (Å²) in [5, 5.41) is 15.0. The highest BCUT2D eigenvalue weighted by Gasteiger charge is 2.19. The topological polar surface area (TPSA) is 81.1 Å². The molecule has 3 aromatic carbocycles. The van der Waals surface area contributed by atoms with Crippen LogP contribution in [0, 0.1) is 11.6 Å². The molecule has 0 atom stereocenters. The molecule has 0 bridgehead atoms. The van der Waals surface area contributed by atoms with Crippen molar-refractivity contribution in [1.29, 1.82) is 0 Å². The Morgan fingerprint density at radius 3 is 2.54 bits per heavy atom. The second-order valence-corrected chi connectivity index (χ2v) is 8.29. The first-order chi connectivity index (χ1) is 17.0. The second-order valence-electron chi connectivity index (χ2n) is 7.34. The van der Waals surface area contributed by atoms with Crippen LogP contribution in [0.3, 0.4) is 0 Å². The molecule has 0 radical (unpaired) electrons. The monoisotopic (exact) mass is 495 g/mol. The highest BCUT2D eigenvalue weighted by atomic mass is 32.2. The van der Waals surface area contributed by atoms with Gasteiger partial charge in [0.25, 0.3) is 0 Å². The van der Waals surface area contributed by atoms with E-state index in [1.54, 1.807) is 18.2 Å². The van der Waals surface area contributed by atoms with E-state index >= 15 is 0 Å². The molecule has 0 saturated carbocycles. The van der Waals surface area contributed by atoms with Crippen LogP contribution < -0.4 is 15.4 Å². The first-order valence-electron chi connectivity index (χ1n) is 10.9. The molecule has 0 aliphatic heterocycles. The summed E-state index contributed by atoms with van der Waals surface area (Å²) in [7, 11) is 0. The minimum atomic E-state index is -0.430. The number of amides is 1. The van der Waals surface area contributed by atoms with Gasteiger partial charge in [0, 0.05) is 11.4 Å². The van der Waals surface area contributed by atoms with E-state index in [0.717, 1.165) is 11.4 Å². The Labute approximate surface area is 205 Å². The number of carbonyl (C=O) groups excluding carboxylic acids is 1. The number of hydrogen-bond donors (Lipinski definition) is 2. The zero-order chi connectivity index (χ0) is 24.6. The summed E-state index contributed by atoms with van der Waals surface area (Å²) < 4.78 is 34.3. The lowest BCUT2D eigenvalue weighted by Crippen LogP contribution is -2.15. The number of anilines is 2. The number of benzene rings is 3. The largest absolute Gasteiger partial charge is 0.492 e. The third-order valence-electron chi connectivity index (χ3n) is 4.84. The first kappa shape index (κ1) is 24.2. The molecule has 0 aliphatic rings. The van der Waals surface area contributed by atoms with E-state index < -0.39 is 5.82 Å². The molecule has 180 valence electrons. The van der Waals surface area contributed by atoms with E-state index in [-0.39, 0.29) is 17.5 Å². The molecule has 4 rings (SSSR count). The number of ether oxygens (including phenoxy) is 1. The fraction of sp³-hybridized carbons (Fsp3) is 0.160. The first-order valence-corrected chi connectivity index (χ1v) is 11.9. The maximum atomic E-state index is 13.4. The number of carbonyl (C=O) groups is 1. The molecule has 0 fully saturated rings. The number of thioether (sulfide) groups is 1. The number of rotatable bonds is 10. The van der Waals surface area contributed by atoms with Crippen molar-refractivity contribution in [2.75, 3.05) is 23.0 Å². The molecule has 0 aliphatic carbocycles. The maximum Gasteiger partial charge on any atom is 0.234 e. The Balaban J connectivity index is 1.56. The predicted octanol–water partition coefficient (Wildman–Crippen LogP) is 5.29. The Kier molecular flexibility index (Phi) is 7.94. The Morgan fingerprint density at radius 1 is 0.971 bits per heavy atom. The van der Waals surface area contributed by atoms with Gasteiger partial charge in [-0.3, -0.25) is 9.36 Å². The third kappa shape index (κ3) is 6.36. The van der Waals surface area contributed by atoms with Crippen LogP contribution in [-0.4, -0.2) is 33.0 Å². The predicted molar refractivity (Wildman–Crippen MR) is 132 cm³/mol. The van der Waals surface area contributed by atoms with Gasteiger partial charge in [0.2, 0.25) is 5.91 Å². The Bertz CT molecular complexity index is 1300. The average Bonchev–Trinajstić information content (AvgIpc) is 3.25. The summed E-state index contributed by atoms with van der Waals surface area (Å²) in [5.41, 5.74) is 1.83. The third-order valence-corrected chi connectivity index (χ3v) is 5.77. The molecule has 0 spiro atoms. The van der Waals surface area contributed by atoms with Gasteiger partial charge in [-0.1, -0.05) is 30.0 Å². The molecule has 35 heavy (non-hydrogen) atoms. The molecule has 0 saturated heterocycles. The van der Waals surface area contributed by atoms with E-state index in [9.17, 15) is 13.6 Å². The average molecular weight is 496 g/mol. The zero-order valence-electron chi connectivity index (χ0n) is 18.9. The van der Waals surface area contributed by atoms with E-state index in [1.807, 2.05) is 35.8 Å². The van der Waals surface area contributed by atoms with Gasteiger partial charge in [0.05, 0.1) is 24.6 Å². The minimum absolute atomic E-state index is 0.0385. The van der Waals surface area contributed by atoms with Crippen LogP contribution in [0.2, 0.25) is 0 Å². The minimum Gasteiger partial charge on any atom is -0.492 e. The van der Waals surface area contributed by atoms with Crippen LogP contribution in [0.4, 0.5) is 20.2 Å². The number of hydrogen-bond acceptors (Lipinski definition) is 6. The molecular weight excluding hydrogens is 472 g/mol. The van der Waals surface area contributed by atoms with Crippen molar-refractivity contribution in [2.24, 2.45) is 0 Å². The highest BCUT2D eigenvalue weighted by Crippen LogP contribution is 2.29. The molecule has 1 heterocycles. The van der Waals surface area contributed by atoms with E-state index in [4.69, 9.17) is 4.74 Å². The summed E-state index contributed by atoms with van der Waals surface area (Å²) in [4.78, 5) is 12.5. The van der Waals surface area contributed by atoms with Gasteiger partial charge in [-0.05, 0) is 61.5 Å². The zero-order valence-corrected chi connectivity index (χ0v) is 19.7. The van der Waals surface area contributed by atoms with Crippen LogP contribution >= 0.6 is 11.8 Å². The number of halogens is 2. The van der Waals surface area contributed by atoms with Crippen LogP contribution in [0.15, 0.2) is 78.0 Å². The van der Waals surface area contributed by atoms with Crippen molar-refractivity contribution in [2.45, 2.75) is 18.6 Å². The Hall–Kier alpha value is -3.92. The standard InChI is InChI=1S/C25H23F2N5O2S/c1-2-34-22-9-4-3-8-21(22)32-23(15-28-19-12-10-17(26)11-13-19)30-31-25(32)35-16-24(33)29-20-7-5-6-18(27)14-20/h3-14,28H,2,15-16H2,1H3,(H,29,33). The van der Waals surface area contributed by atoms with Crippen molar-refractivity contribution in [3.63, 3.8) is 0 Å². The molecule has 10 heteroatoms. The van der Waals surface area contributed by atoms with E-state index in [2.05, 4.69) is 20.8 Å². The number of nitrogens with one attached hydrogen (secondary N) is 2. The fourth-order valence-corrected chi connectivity index (χ4v) is 4.08. The lowest BCUT2D eigenvalue weighted by atomic mass is 10.3. The lowest BCUT2D eigenvalue weighted by Gasteiger charge is -2.15. The summed E-state index contributed by atoms with van der Waals surface area (Å²) in [5.74, 6) is 0.204. The smallest absolute Gasteiger partial charge is 0.234 e. The molecule has 7 nitrogen and oxygen atoms in total. The van der Waals surface area contributed by atoms with Gasteiger partial charge in [0.1, 0.15) is 17.4 Å². The van der Waals surface area contributed by atoms with Gasteiger partial charge in [-0.2, -0.15) is 0 Å². The molecule has 1 aromatic heterocycles. The summed E-state index contributed by atoms with van der Waals surface area (Å²) in [6.45, 7) is 2.67. The van der Waals surface area contributed by atoms with E-state index in [1.165, 1.54) is 42.1 Å². The fourth-order valence-electron chi connectivity index (χ4n) is 3.31. The molecule has 0 unspecified atom stereocenters. The number of aromatic nitrogens is 3. The van der Waals surface area contributed by atoms with Crippen LogP contribution in [-0.2, 0) is 11.3 Å². The van der Waals surface area contributed by atoms with Gasteiger partial charge in [-0.15, -0.1) is 10.2 Å². The Morgan fingerprint density at radius 2 is 1.77 bits per heavy atom. The molecule has 4 aromatic rings. The number of nitrogens with zero attached hydrogens (tertiary/aromatic N) is 3. The lowest BCUT2D eigenvalue weighted by molar-refractivity contribution is -0.113. The summed E-state index contributed by atoms with van der Waals surface area (Å²) in [6.07, 6.45) is 0. The van der Waals surface area contributed by atoms with E-state index in [0.29, 0.717) is 35.6 Å². The quantitative estimate of drug-likeness (QED) is 0.291. The molecular formula is C25H23F2N5O2S. The summed E-state index contributed by atoms with van der Waals surface area (Å²) in [6, 6.07) is 19.2. The van der Waals surface area contributed by atoms with Crippen molar-refractivity contribution < 1.29 is 18.3 Å². The SMILES string of the molecule is CCOc1ccccc1-n1c(CNc2ccc(F)cc2)nnc1SCC(=O)Nc1cccc(F)c1. The van der Waals surface area contributed by atoms with Crippen LogP contribution in [0.5, 0.6) is 5.75 Å².